The summed E-state index contributed by atoms with van der Waals surface area (Å²) in [5, 5.41) is 6.87. The third-order valence-electron chi connectivity index (χ3n) is 13.6. The van der Waals surface area contributed by atoms with E-state index in [0.717, 1.165) is 83.6 Å². The Hall–Kier alpha value is -8.34. The fourth-order valence-corrected chi connectivity index (χ4v) is 10.5. The van der Waals surface area contributed by atoms with Crippen molar-refractivity contribution in [2.24, 2.45) is 0 Å². The average Bonchev–Trinajstić information content (AvgIpc) is 4.01. The summed E-state index contributed by atoms with van der Waals surface area (Å²) in [4.78, 5) is 4.69. The van der Waals surface area contributed by atoms with Gasteiger partial charge in [-0.25, -0.2) is 0 Å². The largest absolute Gasteiger partial charge is 0.454 e. The summed E-state index contributed by atoms with van der Waals surface area (Å²) in [6.45, 7) is 4.76. The number of furan rings is 2. The number of nitrogens with zero attached hydrogens (tertiary/aromatic N) is 2. The van der Waals surface area contributed by atoms with E-state index in [2.05, 4.69) is 224 Å². The standard InChI is InChI=1S/C61H42N2O2/c1-61(2)51-37-40(39-31-34-43(35-32-39)62(41-17-5-3-6-18-41)53-27-15-25-48-45-22-11-13-29-56(45)64-59(48)53)33-36-50(51)58-47-24-10-9-21-44(47)55(38-52(58)61)63(42-19-7-4-8-20-42)54-28-16-26-49-46-23-12-14-30-57(46)65-60(49)54/h3-38H,1-2H3. The Kier molecular flexibility index (Phi) is 8.22. The Labute approximate surface area is 376 Å². The van der Waals surface area contributed by atoms with Crippen LogP contribution in [0.2, 0.25) is 0 Å². The molecule has 0 atom stereocenters. The molecule has 0 radical (unpaired) electrons. The highest BCUT2D eigenvalue weighted by molar-refractivity contribution is 6.14. The Morgan fingerprint density at radius 2 is 0.815 bits per heavy atom. The molecule has 0 spiro atoms. The number of para-hydroxylation sites is 6. The third kappa shape index (κ3) is 5.70. The maximum Gasteiger partial charge on any atom is 0.159 e. The van der Waals surface area contributed by atoms with E-state index in [4.69, 9.17) is 8.83 Å². The fourth-order valence-electron chi connectivity index (χ4n) is 10.5. The SMILES string of the molecule is CC1(C)c2cc(-c3ccc(N(c4ccccc4)c4cccc5c4oc4ccccc45)cc3)ccc2-c2c1cc(N(c1ccccc1)c1cccc3c1oc1ccccc13)c1ccccc21. The van der Waals surface area contributed by atoms with E-state index in [1.165, 1.54) is 38.6 Å². The van der Waals surface area contributed by atoms with Crippen LogP contribution < -0.4 is 9.80 Å². The molecule has 12 aromatic rings. The van der Waals surface area contributed by atoms with Gasteiger partial charge in [-0.3, -0.25) is 0 Å². The van der Waals surface area contributed by atoms with Gasteiger partial charge in [-0.2, -0.15) is 0 Å². The first-order valence-electron chi connectivity index (χ1n) is 22.3. The Balaban J connectivity index is 0.928. The van der Waals surface area contributed by atoms with Crippen molar-refractivity contribution < 1.29 is 8.83 Å². The molecule has 0 amide bonds. The summed E-state index contributed by atoms with van der Waals surface area (Å²) < 4.78 is 13.3. The lowest BCUT2D eigenvalue weighted by molar-refractivity contribution is 0.661. The van der Waals surface area contributed by atoms with Crippen molar-refractivity contribution in [1.29, 1.82) is 0 Å². The molecule has 4 heteroatoms. The van der Waals surface area contributed by atoms with Crippen molar-refractivity contribution in [1.82, 2.24) is 0 Å². The van der Waals surface area contributed by atoms with Gasteiger partial charge in [0.1, 0.15) is 11.2 Å². The number of hydrogen-bond acceptors (Lipinski definition) is 4. The van der Waals surface area contributed by atoms with Crippen molar-refractivity contribution in [3.63, 3.8) is 0 Å². The Bertz CT molecular complexity index is 3810. The lowest BCUT2D eigenvalue weighted by Crippen LogP contribution is -2.17. The van der Waals surface area contributed by atoms with Crippen LogP contribution in [0.1, 0.15) is 25.0 Å². The molecule has 0 fully saturated rings. The first-order chi connectivity index (χ1) is 32.0. The van der Waals surface area contributed by atoms with Gasteiger partial charge in [0.2, 0.25) is 0 Å². The molecule has 0 aliphatic heterocycles. The average molecular weight is 835 g/mol. The van der Waals surface area contributed by atoms with Crippen molar-refractivity contribution in [3.8, 4) is 22.3 Å². The van der Waals surface area contributed by atoms with Gasteiger partial charge in [0.15, 0.2) is 11.2 Å². The van der Waals surface area contributed by atoms with E-state index in [1.807, 2.05) is 18.2 Å². The van der Waals surface area contributed by atoms with Gasteiger partial charge in [0, 0.05) is 49.4 Å². The number of fused-ring (bicyclic) bond motifs is 11. The normalized spacial score (nSPS) is 12.9. The quantitative estimate of drug-likeness (QED) is 0.160. The molecule has 1 aliphatic carbocycles. The van der Waals surface area contributed by atoms with Gasteiger partial charge in [-0.15, -0.1) is 0 Å². The van der Waals surface area contributed by atoms with E-state index in [9.17, 15) is 0 Å². The maximum absolute atomic E-state index is 6.70. The van der Waals surface area contributed by atoms with E-state index in [0.29, 0.717) is 0 Å². The molecule has 2 aromatic heterocycles. The second-order valence-corrected chi connectivity index (χ2v) is 17.6. The molecule has 4 nitrogen and oxygen atoms in total. The van der Waals surface area contributed by atoms with E-state index >= 15 is 0 Å². The van der Waals surface area contributed by atoms with E-state index in [-0.39, 0.29) is 5.41 Å². The highest BCUT2D eigenvalue weighted by atomic mass is 16.3. The van der Waals surface area contributed by atoms with Gasteiger partial charge in [-0.05, 0) is 112 Å². The molecule has 0 saturated carbocycles. The Morgan fingerprint density at radius 3 is 1.43 bits per heavy atom. The van der Waals surface area contributed by atoms with Gasteiger partial charge in [-0.1, -0.05) is 159 Å². The molecule has 0 N–H and O–H groups in total. The van der Waals surface area contributed by atoms with Crippen LogP contribution in [0, 0.1) is 0 Å². The minimum atomic E-state index is -0.289. The summed E-state index contributed by atoms with van der Waals surface area (Å²) in [7, 11) is 0. The zero-order chi connectivity index (χ0) is 43.2. The molecule has 308 valence electrons. The molecule has 0 unspecified atom stereocenters. The van der Waals surface area contributed by atoms with Gasteiger partial charge in [0.25, 0.3) is 0 Å². The van der Waals surface area contributed by atoms with E-state index in [1.54, 1.807) is 0 Å². The molecule has 65 heavy (non-hydrogen) atoms. The predicted molar refractivity (Wildman–Crippen MR) is 271 cm³/mol. The van der Waals surface area contributed by atoms with Crippen LogP contribution in [0.3, 0.4) is 0 Å². The fraction of sp³-hybridized carbons (Fsp3) is 0.0492. The minimum Gasteiger partial charge on any atom is -0.454 e. The van der Waals surface area contributed by atoms with Crippen LogP contribution in [-0.4, -0.2) is 0 Å². The molecule has 10 aromatic carbocycles. The maximum atomic E-state index is 6.70. The number of rotatable bonds is 7. The van der Waals surface area contributed by atoms with Crippen molar-refractivity contribution >= 4 is 88.8 Å². The van der Waals surface area contributed by atoms with Crippen LogP contribution in [0.5, 0.6) is 0 Å². The first kappa shape index (κ1) is 37.2. The van der Waals surface area contributed by atoms with Gasteiger partial charge >= 0.3 is 0 Å². The third-order valence-corrected chi connectivity index (χ3v) is 13.6. The van der Waals surface area contributed by atoms with Crippen LogP contribution in [0.15, 0.2) is 227 Å². The summed E-state index contributed by atoms with van der Waals surface area (Å²) >= 11 is 0. The molecular weight excluding hydrogens is 793 g/mol. The smallest absolute Gasteiger partial charge is 0.159 e. The summed E-state index contributed by atoms with van der Waals surface area (Å²) in [5.41, 5.74) is 17.1. The van der Waals surface area contributed by atoms with Gasteiger partial charge in [0.05, 0.1) is 17.1 Å². The summed E-state index contributed by atoms with van der Waals surface area (Å²) in [5.74, 6) is 0. The molecule has 2 heterocycles. The van der Waals surface area contributed by atoms with Crippen molar-refractivity contribution in [3.05, 3.63) is 230 Å². The highest BCUT2D eigenvalue weighted by Gasteiger charge is 2.38. The zero-order valence-corrected chi connectivity index (χ0v) is 36.0. The first-order valence-corrected chi connectivity index (χ1v) is 22.3. The summed E-state index contributed by atoms with van der Waals surface area (Å²) in [6, 6.07) is 78.2. The molecular formula is C61H42N2O2. The van der Waals surface area contributed by atoms with E-state index < -0.39 is 0 Å². The second-order valence-electron chi connectivity index (χ2n) is 17.6. The molecule has 1 aliphatic rings. The lowest BCUT2D eigenvalue weighted by Gasteiger charge is -2.29. The zero-order valence-electron chi connectivity index (χ0n) is 36.0. The van der Waals surface area contributed by atoms with Crippen molar-refractivity contribution in [2.45, 2.75) is 19.3 Å². The monoisotopic (exact) mass is 834 g/mol. The summed E-state index contributed by atoms with van der Waals surface area (Å²) in [6.07, 6.45) is 0. The number of anilines is 6. The molecule has 0 saturated heterocycles. The van der Waals surface area contributed by atoms with Gasteiger partial charge < -0.3 is 18.6 Å². The number of hydrogen-bond donors (Lipinski definition) is 0. The van der Waals surface area contributed by atoms with Crippen LogP contribution in [0.25, 0.3) is 76.9 Å². The number of benzene rings is 10. The lowest BCUT2D eigenvalue weighted by atomic mass is 9.81. The highest BCUT2D eigenvalue weighted by Crippen LogP contribution is 2.56. The molecule has 0 bridgehead atoms. The Morgan fingerprint density at radius 1 is 0.338 bits per heavy atom. The van der Waals surface area contributed by atoms with Crippen LogP contribution in [0.4, 0.5) is 34.1 Å². The minimum absolute atomic E-state index is 0.289. The predicted octanol–water partition coefficient (Wildman–Crippen LogP) is 17.6. The second kappa shape index (κ2) is 14.3. The molecule has 13 rings (SSSR count). The van der Waals surface area contributed by atoms with Crippen LogP contribution >= 0.6 is 0 Å². The topological polar surface area (TPSA) is 32.8 Å². The van der Waals surface area contributed by atoms with Crippen molar-refractivity contribution in [2.75, 3.05) is 9.80 Å². The van der Waals surface area contributed by atoms with Crippen LogP contribution in [-0.2, 0) is 5.41 Å².